The third-order valence-corrected chi connectivity index (χ3v) is 4.27. The summed E-state index contributed by atoms with van der Waals surface area (Å²) in [7, 11) is 1.49. The zero-order valence-corrected chi connectivity index (χ0v) is 10.9. The summed E-state index contributed by atoms with van der Waals surface area (Å²) in [6.07, 6.45) is 1.28. The molecule has 0 aromatic heterocycles. The van der Waals surface area contributed by atoms with Crippen LogP contribution in [-0.2, 0) is 6.54 Å². The van der Waals surface area contributed by atoms with Gasteiger partial charge in [-0.05, 0) is 36.5 Å². The summed E-state index contributed by atoms with van der Waals surface area (Å²) >= 11 is 2.00. The van der Waals surface area contributed by atoms with E-state index >= 15 is 0 Å². The van der Waals surface area contributed by atoms with Crippen LogP contribution in [-0.4, -0.2) is 25.2 Å². The van der Waals surface area contributed by atoms with Crippen molar-refractivity contribution < 1.29 is 9.13 Å². The van der Waals surface area contributed by atoms with Gasteiger partial charge in [0.1, 0.15) is 0 Å². The molecule has 1 aromatic carbocycles. The molecule has 0 radical (unpaired) electrons. The summed E-state index contributed by atoms with van der Waals surface area (Å²) in [5, 5.41) is 3.33. The van der Waals surface area contributed by atoms with Gasteiger partial charge in [-0.2, -0.15) is 11.8 Å². The van der Waals surface area contributed by atoms with E-state index in [1.807, 2.05) is 17.8 Å². The predicted octanol–water partition coefficient (Wildman–Crippen LogP) is 2.68. The topological polar surface area (TPSA) is 21.3 Å². The van der Waals surface area contributed by atoms with Crippen molar-refractivity contribution in [1.29, 1.82) is 0 Å². The lowest BCUT2D eigenvalue weighted by molar-refractivity contribution is 0.383. The van der Waals surface area contributed by atoms with E-state index in [0.717, 1.165) is 12.5 Å². The zero-order chi connectivity index (χ0) is 12.1. The number of hydrogen-bond donors (Lipinski definition) is 1. The highest BCUT2D eigenvalue weighted by molar-refractivity contribution is 7.99. The Morgan fingerprint density at radius 2 is 2.41 bits per heavy atom. The van der Waals surface area contributed by atoms with Gasteiger partial charge in [0.05, 0.1) is 7.11 Å². The first-order valence-corrected chi connectivity index (χ1v) is 7.06. The Morgan fingerprint density at radius 3 is 3.12 bits per heavy atom. The fourth-order valence-electron chi connectivity index (χ4n) is 2.01. The molecule has 2 nitrogen and oxygen atoms in total. The van der Waals surface area contributed by atoms with E-state index in [4.69, 9.17) is 4.74 Å². The van der Waals surface area contributed by atoms with Crippen LogP contribution in [0.4, 0.5) is 4.39 Å². The minimum Gasteiger partial charge on any atom is -0.494 e. The molecule has 0 spiro atoms. The van der Waals surface area contributed by atoms with E-state index in [0.29, 0.717) is 17.9 Å². The van der Waals surface area contributed by atoms with Gasteiger partial charge in [-0.3, -0.25) is 0 Å². The van der Waals surface area contributed by atoms with Crippen LogP contribution < -0.4 is 10.1 Å². The maximum atomic E-state index is 13.8. The quantitative estimate of drug-likeness (QED) is 0.874. The lowest BCUT2D eigenvalue weighted by Gasteiger charge is -2.11. The Labute approximate surface area is 106 Å². The van der Waals surface area contributed by atoms with Crippen LogP contribution in [0.15, 0.2) is 18.2 Å². The molecule has 2 rings (SSSR count). The summed E-state index contributed by atoms with van der Waals surface area (Å²) in [5.74, 6) is 3.31. The molecular weight excluding hydrogens is 237 g/mol. The zero-order valence-electron chi connectivity index (χ0n) is 10.0. The largest absolute Gasteiger partial charge is 0.494 e. The molecule has 94 valence electrons. The van der Waals surface area contributed by atoms with Crippen LogP contribution in [0, 0.1) is 11.7 Å². The van der Waals surface area contributed by atoms with Crippen LogP contribution in [0.1, 0.15) is 12.0 Å². The lowest BCUT2D eigenvalue weighted by atomic mass is 10.1. The normalized spacial score (nSPS) is 19.5. The van der Waals surface area contributed by atoms with Gasteiger partial charge in [-0.25, -0.2) is 4.39 Å². The Bertz CT molecular complexity index is 366. The molecule has 0 saturated carbocycles. The first-order chi connectivity index (χ1) is 8.31. The molecule has 0 amide bonds. The SMILES string of the molecule is COc1cccc(CNCC2CCSC2)c1F. The van der Waals surface area contributed by atoms with Crippen molar-refractivity contribution in [3.63, 3.8) is 0 Å². The molecule has 1 heterocycles. The molecule has 1 aliphatic heterocycles. The number of thioether (sulfide) groups is 1. The van der Waals surface area contributed by atoms with E-state index in [2.05, 4.69) is 5.32 Å². The second-order valence-electron chi connectivity index (χ2n) is 4.29. The van der Waals surface area contributed by atoms with Gasteiger partial charge in [0.25, 0.3) is 0 Å². The number of nitrogens with one attached hydrogen (secondary N) is 1. The van der Waals surface area contributed by atoms with E-state index in [-0.39, 0.29) is 5.82 Å². The molecule has 1 aliphatic rings. The van der Waals surface area contributed by atoms with Gasteiger partial charge in [-0.1, -0.05) is 12.1 Å². The van der Waals surface area contributed by atoms with Crippen molar-refractivity contribution in [1.82, 2.24) is 5.32 Å². The van der Waals surface area contributed by atoms with Crippen molar-refractivity contribution in [3.05, 3.63) is 29.6 Å². The smallest absolute Gasteiger partial charge is 0.169 e. The Morgan fingerprint density at radius 1 is 1.53 bits per heavy atom. The Kier molecular flexibility index (Phi) is 4.68. The van der Waals surface area contributed by atoms with Crippen LogP contribution in [0.25, 0.3) is 0 Å². The summed E-state index contributed by atoms with van der Waals surface area (Å²) in [5.41, 5.74) is 0.676. The van der Waals surface area contributed by atoms with Crippen molar-refractivity contribution in [2.24, 2.45) is 5.92 Å². The third kappa shape index (κ3) is 3.36. The van der Waals surface area contributed by atoms with Crippen LogP contribution in [0.2, 0.25) is 0 Å². The average Bonchev–Trinajstić information content (AvgIpc) is 2.84. The molecule has 1 fully saturated rings. The molecule has 1 unspecified atom stereocenters. The minimum absolute atomic E-state index is 0.247. The maximum Gasteiger partial charge on any atom is 0.169 e. The van der Waals surface area contributed by atoms with Gasteiger partial charge in [0, 0.05) is 12.1 Å². The van der Waals surface area contributed by atoms with E-state index in [1.54, 1.807) is 12.1 Å². The highest BCUT2D eigenvalue weighted by Crippen LogP contribution is 2.23. The fraction of sp³-hybridized carbons (Fsp3) is 0.538. The molecule has 1 aromatic rings. The maximum absolute atomic E-state index is 13.8. The highest BCUT2D eigenvalue weighted by Gasteiger charge is 2.15. The van der Waals surface area contributed by atoms with Crippen LogP contribution in [0.5, 0.6) is 5.75 Å². The summed E-state index contributed by atoms with van der Waals surface area (Å²) < 4.78 is 18.8. The van der Waals surface area contributed by atoms with Crippen molar-refractivity contribution in [2.45, 2.75) is 13.0 Å². The molecule has 17 heavy (non-hydrogen) atoms. The van der Waals surface area contributed by atoms with Crippen molar-refractivity contribution in [3.8, 4) is 5.75 Å². The molecule has 1 N–H and O–H groups in total. The van der Waals surface area contributed by atoms with Crippen LogP contribution in [0.3, 0.4) is 0 Å². The summed E-state index contributed by atoms with van der Waals surface area (Å²) in [6, 6.07) is 5.27. The highest BCUT2D eigenvalue weighted by atomic mass is 32.2. The third-order valence-electron chi connectivity index (χ3n) is 3.04. The monoisotopic (exact) mass is 255 g/mol. The molecule has 1 atom stereocenters. The number of halogens is 1. The predicted molar refractivity (Wildman–Crippen MR) is 70.1 cm³/mol. The van der Waals surface area contributed by atoms with Crippen molar-refractivity contribution >= 4 is 11.8 Å². The molecule has 0 aliphatic carbocycles. The first-order valence-electron chi connectivity index (χ1n) is 5.91. The average molecular weight is 255 g/mol. The summed E-state index contributed by atoms with van der Waals surface area (Å²) in [4.78, 5) is 0. The second kappa shape index (κ2) is 6.26. The van der Waals surface area contributed by atoms with Gasteiger partial charge in [-0.15, -0.1) is 0 Å². The number of benzene rings is 1. The number of ether oxygens (including phenoxy) is 1. The summed E-state index contributed by atoms with van der Waals surface area (Å²) in [6.45, 7) is 1.55. The standard InChI is InChI=1S/C13H18FNOS/c1-16-12-4-2-3-11(13(12)14)8-15-7-10-5-6-17-9-10/h2-4,10,15H,5-9H2,1H3. The van der Waals surface area contributed by atoms with Gasteiger partial charge in [0.2, 0.25) is 0 Å². The van der Waals surface area contributed by atoms with E-state index in [1.165, 1.54) is 25.0 Å². The molecule has 4 heteroatoms. The van der Waals surface area contributed by atoms with Crippen molar-refractivity contribution in [2.75, 3.05) is 25.2 Å². The first kappa shape index (κ1) is 12.7. The Balaban J connectivity index is 1.85. The van der Waals surface area contributed by atoms with Crippen LogP contribution >= 0.6 is 11.8 Å². The van der Waals surface area contributed by atoms with E-state index in [9.17, 15) is 4.39 Å². The Hall–Kier alpha value is -0.740. The number of rotatable bonds is 5. The second-order valence-corrected chi connectivity index (χ2v) is 5.44. The molecule has 0 bridgehead atoms. The van der Waals surface area contributed by atoms with Gasteiger partial charge in [0.15, 0.2) is 11.6 Å². The lowest BCUT2D eigenvalue weighted by Crippen LogP contribution is -2.22. The van der Waals surface area contributed by atoms with Gasteiger partial charge >= 0.3 is 0 Å². The minimum atomic E-state index is -0.247. The number of hydrogen-bond acceptors (Lipinski definition) is 3. The molecular formula is C13H18FNOS. The van der Waals surface area contributed by atoms with E-state index < -0.39 is 0 Å². The van der Waals surface area contributed by atoms with Gasteiger partial charge < -0.3 is 10.1 Å². The molecule has 1 saturated heterocycles. The number of methoxy groups -OCH3 is 1. The fourth-order valence-corrected chi connectivity index (χ4v) is 3.29.